The van der Waals surface area contributed by atoms with Crippen LogP contribution in [0.5, 0.6) is 0 Å². The predicted molar refractivity (Wildman–Crippen MR) is 55.2 cm³/mol. The number of nitrogens with one attached hydrogen (secondary N) is 1. The fraction of sp³-hybridized carbons (Fsp3) is 0.900. The number of ether oxygens (including phenoxy) is 2. The predicted octanol–water partition coefficient (Wildman–Crippen LogP) is 0.953. The van der Waals surface area contributed by atoms with Crippen molar-refractivity contribution in [2.24, 2.45) is 0 Å². The van der Waals surface area contributed by atoms with Crippen LogP contribution in [-0.4, -0.2) is 38.4 Å². The summed E-state index contributed by atoms with van der Waals surface area (Å²) in [5, 5.41) is 3.15. The lowest BCUT2D eigenvalue weighted by atomic mass is 10.2. The Bertz CT molecular complexity index is 161. The highest BCUT2D eigenvalue weighted by Crippen LogP contribution is 1.97. The SMILES string of the molecule is CCOC(=O)C(CC)NC(C)COC. The van der Waals surface area contributed by atoms with Gasteiger partial charge in [-0.25, -0.2) is 0 Å². The molecule has 4 heteroatoms. The van der Waals surface area contributed by atoms with Crippen LogP contribution in [-0.2, 0) is 14.3 Å². The van der Waals surface area contributed by atoms with Gasteiger partial charge in [-0.2, -0.15) is 0 Å². The van der Waals surface area contributed by atoms with E-state index in [0.29, 0.717) is 13.2 Å². The van der Waals surface area contributed by atoms with Gasteiger partial charge in [0.05, 0.1) is 13.2 Å². The molecule has 2 unspecified atom stereocenters. The lowest BCUT2D eigenvalue weighted by Gasteiger charge is -2.20. The van der Waals surface area contributed by atoms with E-state index in [-0.39, 0.29) is 18.1 Å². The van der Waals surface area contributed by atoms with E-state index < -0.39 is 0 Å². The first-order valence-electron chi connectivity index (χ1n) is 5.07. The lowest BCUT2D eigenvalue weighted by Crippen LogP contribution is -2.44. The summed E-state index contributed by atoms with van der Waals surface area (Å²) >= 11 is 0. The molecule has 0 fully saturated rings. The zero-order chi connectivity index (χ0) is 11.0. The number of carbonyl (C=O) groups is 1. The van der Waals surface area contributed by atoms with Gasteiger partial charge in [-0.3, -0.25) is 10.1 Å². The molecule has 0 aliphatic rings. The summed E-state index contributed by atoms with van der Waals surface area (Å²) in [5.74, 6) is -0.182. The fourth-order valence-electron chi connectivity index (χ4n) is 1.24. The van der Waals surface area contributed by atoms with Crippen molar-refractivity contribution < 1.29 is 14.3 Å². The van der Waals surface area contributed by atoms with E-state index in [1.165, 1.54) is 0 Å². The van der Waals surface area contributed by atoms with Crippen molar-refractivity contribution in [3.05, 3.63) is 0 Å². The Morgan fingerprint density at radius 2 is 2.07 bits per heavy atom. The van der Waals surface area contributed by atoms with Crippen LogP contribution in [0.3, 0.4) is 0 Å². The molecule has 0 spiro atoms. The quantitative estimate of drug-likeness (QED) is 0.626. The zero-order valence-corrected chi connectivity index (χ0v) is 9.50. The fourth-order valence-corrected chi connectivity index (χ4v) is 1.24. The minimum absolute atomic E-state index is 0.161. The van der Waals surface area contributed by atoms with Crippen molar-refractivity contribution in [3.63, 3.8) is 0 Å². The summed E-state index contributed by atoms with van der Waals surface area (Å²) in [6.07, 6.45) is 0.729. The van der Waals surface area contributed by atoms with Crippen LogP contribution in [0.4, 0.5) is 0 Å². The average Bonchev–Trinajstić information content (AvgIpc) is 2.15. The molecule has 84 valence electrons. The minimum atomic E-state index is -0.222. The molecule has 0 heterocycles. The first-order valence-corrected chi connectivity index (χ1v) is 5.07. The molecule has 0 saturated carbocycles. The molecule has 0 aromatic heterocycles. The van der Waals surface area contributed by atoms with Gasteiger partial charge in [0.2, 0.25) is 0 Å². The molecule has 0 aromatic rings. The highest BCUT2D eigenvalue weighted by Gasteiger charge is 2.18. The maximum Gasteiger partial charge on any atom is 0.323 e. The summed E-state index contributed by atoms with van der Waals surface area (Å²) in [7, 11) is 1.64. The van der Waals surface area contributed by atoms with Gasteiger partial charge < -0.3 is 9.47 Å². The number of esters is 1. The highest BCUT2D eigenvalue weighted by molar-refractivity contribution is 5.75. The van der Waals surface area contributed by atoms with Gasteiger partial charge >= 0.3 is 5.97 Å². The molecule has 0 aliphatic carbocycles. The minimum Gasteiger partial charge on any atom is -0.465 e. The number of hydrogen-bond acceptors (Lipinski definition) is 4. The van der Waals surface area contributed by atoms with Crippen LogP contribution in [0.25, 0.3) is 0 Å². The van der Waals surface area contributed by atoms with Crippen LogP contribution in [0, 0.1) is 0 Å². The molecule has 1 N–H and O–H groups in total. The first kappa shape index (κ1) is 13.4. The summed E-state index contributed by atoms with van der Waals surface area (Å²) in [5.41, 5.74) is 0. The highest BCUT2D eigenvalue weighted by atomic mass is 16.5. The van der Waals surface area contributed by atoms with E-state index in [1.807, 2.05) is 20.8 Å². The van der Waals surface area contributed by atoms with Crippen molar-refractivity contribution in [1.82, 2.24) is 5.32 Å². The smallest absolute Gasteiger partial charge is 0.323 e. The Hall–Kier alpha value is -0.610. The van der Waals surface area contributed by atoms with Crippen molar-refractivity contribution >= 4 is 5.97 Å². The largest absolute Gasteiger partial charge is 0.465 e. The molecule has 2 atom stereocenters. The maximum atomic E-state index is 11.4. The molecule has 14 heavy (non-hydrogen) atoms. The van der Waals surface area contributed by atoms with Gasteiger partial charge in [-0.1, -0.05) is 6.92 Å². The standard InChI is InChI=1S/C10H21NO3/c1-5-9(10(12)14-6-2)11-8(3)7-13-4/h8-9,11H,5-7H2,1-4H3. The zero-order valence-electron chi connectivity index (χ0n) is 9.50. The van der Waals surface area contributed by atoms with Crippen molar-refractivity contribution in [2.45, 2.75) is 39.3 Å². The topological polar surface area (TPSA) is 47.6 Å². The van der Waals surface area contributed by atoms with Gasteiger partial charge in [0.15, 0.2) is 0 Å². The first-order chi connectivity index (χ1) is 6.65. The Balaban J connectivity index is 3.94. The number of methoxy groups -OCH3 is 1. The molecule has 0 saturated heterocycles. The summed E-state index contributed by atoms with van der Waals surface area (Å²) < 4.78 is 9.91. The van der Waals surface area contributed by atoms with Crippen LogP contribution in [0.1, 0.15) is 27.2 Å². The summed E-state index contributed by atoms with van der Waals surface area (Å²) in [6.45, 7) is 6.76. The third kappa shape index (κ3) is 5.19. The lowest BCUT2D eigenvalue weighted by molar-refractivity contribution is -0.146. The Labute approximate surface area is 86.0 Å². The molecule has 0 amide bonds. The molecule has 0 aromatic carbocycles. The van der Waals surface area contributed by atoms with E-state index >= 15 is 0 Å². The molecular formula is C10H21NO3. The summed E-state index contributed by atoms with van der Waals surface area (Å²) in [6, 6.07) is -0.0607. The van der Waals surface area contributed by atoms with Crippen LogP contribution in [0.15, 0.2) is 0 Å². The maximum absolute atomic E-state index is 11.4. The second kappa shape index (κ2) is 7.76. The van der Waals surface area contributed by atoms with E-state index in [0.717, 1.165) is 6.42 Å². The molecule has 0 bridgehead atoms. The van der Waals surface area contributed by atoms with Crippen LogP contribution >= 0.6 is 0 Å². The number of hydrogen-bond donors (Lipinski definition) is 1. The Morgan fingerprint density at radius 3 is 2.50 bits per heavy atom. The van der Waals surface area contributed by atoms with Gasteiger partial charge in [-0.15, -0.1) is 0 Å². The van der Waals surface area contributed by atoms with Gasteiger partial charge in [0, 0.05) is 13.2 Å². The van der Waals surface area contributed by atoms with E-state index in [9.17, 15) is 4.79 Å². The monoisotopic (exact) mass is 203 g/mol. The molecule has 4 nitrogen and oxygen atoms in total. The Kier molecular flexibility index (Phi) is 7.42. The Morgan fingerprint density at radius 1 is 1.43 bits per heavy atom. The van der Waals surface area contributed by atoms with E-state index in [4.69, 9.17) is 9.47 Å². The van der Waals surface area contributed by atoms with Crippen molar-refractivity contribution in [1.29, 1.82) is 0 Å². The molecule has 0 radical (unpaired) electrons. The third-order valence-corrected chi connectivity index (χ3v) is 1.88. The van der Waals surface area contributed by atoms with E-state index in [2.05, 4.69) is 5.32 Å². The van der Waals surface area contributed by atoms with Crippen LogP contribution in [0.2, 0.25) is 0 Å². The third-order valence-electron chi connectivity index (χ3n) is 1.88. The summed E-state index contributed by atoms with van der Waals surface area (Å²) in [4.78, 5) is 11.4. The average molecular weight is 203 g/mol. The number of carbonyl (C=O) groups excluding carboxylic acids is 1. The molecule has 0 aliphatic heterocycles. The second-order valence-corrected chi connectivity index (χ2v) is 3.24. The van der Waals surface area contributed by atoms with Gasteiger partial charge in [-0.05, 0) is 20.3 Å². The number of rotatable bonds is 7. The molecular weight excluding hydrogens is 182 g/mol. The van der Waals surface area contributed by atoms with Gasteiger partial charge in [0.1, 0.15) is 6.04 Å². The van der Waals surface area contributed by atoms with Gasteiger partial charge in [0.25, 0.3) is 0 Å². The molecule has 0 rings (SSSR count). The van der Waals surface area contributed by atoms with Crippen molar-refractivity contribution in [3.8, 4) is 0 Å². The van der Waals surface area contributed by atoms with Crippen molar-refractivity contribution in [2.75, 3.05) is 20.3 Å². The van der Waals surface area contributed by atoms with Crippen LogP contribution < -0.4 is 5.32 Å². The normalized spacial score (nSPS) is 14.9. The second-order valence-electron chi connectivity index (χ2n) is 3.24. The van der Waals surface area contributed by atoms with E-state index in [1.54, 1.807) is 7.11 Å².